The first kappa shape index (κ1) is 29.5. The monoisotopic (exact) mass is 621 g/mol. The third-order valence-corrected chi connectivity index (χ3v) is 8.06. The number of amidine groups is 1. The summed E-state index contributed by atoms with van der Waals surface area (Å²) >= 11 is 0. The maximum atomic E-state index is 13.1. The molecule has 0 saturated carbocycles. The zero-order valence-electron chi connectivity index (χ0n) is 21.4. The molecule has 0 spiro atoms. The SMILES string of the molecule is COc1cc(S(=O)(=O)[N+](=O)[O-])ccc1N1N=C(C(=O)Nc2ccccc2)NN1c1ccc(S(=O)(=O)[N+](=O)[O-])cc1OC. The number of hydrogen-bond donors (Lipinski definition) is 2. The minimum atomic E-state index is -4.95. The molecule has 3 aromatic rings. The third-order valence-electron chi connectivity index (χ3n) is 5.58. The van der Waals surface area contributed by atoms with E-state index in [9.17, 15) is 41.9 Å². The van der Waals surface area contributed by atoms with Crippen LogP contribution in [0, 0.1) is 20.2 Å². The Balaban J connectivity index is 1.84. The van der Waals surface area contributed by atoms with Crippen LogP contribution in [0.2, 0.25) is 0 Å². The number of anilines is 3. The number of rotatable bonds is 10. The molecule has 20 heteroatoms. The number of hydrazone groups is 1. The zero-order chi connectivity index (χ0) is 30.8. The van der Waals surface area contributed by atoms with Gasteiger partial charge in [-0.05, 0) is 36.4 Å². The van der Waals surface area contributed by atoms with E-state index in [1.165, 1.54) is 0 Å². The summed E-state index contributed by atoms with van der Waals surface area (Å²) in [6, 6.07) is 14.1. The first-order valence-corrected chi connectivity index (χ1v) is 14.2. The smallest absolute Gasteiger partial charge is 0.448 e. The molecule has 0 bridgehead atoms. The second-order valence-electron chi connectivity index (χ2n) is 8.05. The molecule has 0 aromatic heterocycles. The molecule has 0 fully saturated rings. The molecule has 1 heterocycles. The number of nitrogens with one attached hydrogen (secondary N) is 2. The number of hydrazine groups is 2. The predicted molar refractivity (Wildman–Crippen MR) is 145 cm³/mol. The zero-order valence-corrected chi connectivity index (χ0v) is 23.0. The average Bonchev–Trinajstić information content (AvgIpc) is 3.42. The highest BCUT2D eigenvalue weighted by molar-refractivity contribution is 7.85. The molecule has 1 aliphatic heterocycles. The van der Waals surface area contributed by atoms with Crippen LogP contribution in [0.5, 0.6) is 11.5 Å². The van der Waals surface area contributed by atoms with Gasteiger partial charge in [-0.3, -0.25) is 10.2 Å². The summed E-state index contributed by atoms with van der Waals surface area (Å²) in [4.78, 5) is 33.8. The summed E-state index contributed by atoms with van der Waals surface area (Å²) in [6.45, 7) is 0. The van der Waals surface area contributed by atoms with Crippen molar-refractivity contribution in [3.05, 3.63) is 87.0 Å². The number of carbonyl (C=O) groups is 1. The fourth-order valence-corrected chi connectivity index (χ4v) is 4.93. The van der Waals surface area contributed by atoms with Crippen molar-refractivity contribution in [1.82, 2.24) is 5.43 Å². The lowest BCUT2D eigenvalue weighted by atomic mass is 10.3. The van der Waals surface area contributed by atoms with Crippen LogP contribution in [-0.2, 0) is 24.8 Å². The Morgan fingerprint density at radius 3 is 1.83 bits per heavy atom. The van der Waals surface area contributed by atoms with Crippen molar-refractivity contribution in [2.45, 2.75) is 9.79 Å². The molecule has 3 aromatic carbocycles. The second-order valence-corrected chi connectivity index (χ2v) is 11.5. The lowest BCUT2D eigenvalue weighted by Crippen LogP contribution is -2.47. The topological polar surface area (TPSA) is 233 Å². The summed E-state index contributed by atoms with van der Waals surface area (Å²) in [7, 11) is -7.58. The summed E-state index contributed by atoms with van der Waals surface area (Å²) < 4.78 is 56.0. The number of ether oxygens (including phenoxy) is 2. The fourth-order valence-electron chi connectivity index (χ4n) is 3.59. The van der Waals surface area contributed by atoms with E-state index >= 15 is 0 Å². The number of carbonyl (C=O) groups excluding carboxylic acids is 1. The molecule has 0 unspecified atom stereocenters. The molecule has 4 rings (SSSR count). The molecule has 42 heavy (non-hydrogen) atoms. The van der Waals surface area contributed by atoms with Crippen LogP contribution >= 0.6 is 0 Å². The molecule has 1 amide bonds. The number of hydrogen-bond acceptors (Lipinski definition) is 15. The molecule has 1 aliphatic rings. The quantitative estimate of drug-likeness (QED) is 0.240. The molecule has 0 radical (unpaired) electrons. The van der Waals surface area contributed by atoms with Crippen molar-refractivity contribution in [3.8, 4) is 11.5 Å². The van der Waals surface area contributed by atoms with Gasteiger partial charge in [-0.1, -0.05) is 18.2 Å². The largest absolute Gasteiger partial charge is 0.494 e. The Morgan fingerprint density at radius 1 is 0.833 bits per heavy atom. The van der Waals surface area contributed by atoms with E-state index in [2.05, 4.69) is 15.8 Å². The number of methoxy groups -OCH3 is 2. The predicted octanol–water partition coefficient (Wildman–Crippen LogP) is 1.33. The molecular formula is C22H19N7O11S2. The summed E-state index contributed by atoms with van der Waals surface area (Å²) in [5.41, 5.74) is 3.05. The molecule has 0 saturated heterocycles. The van der Waals surface area contributed by atoms with Crippen LogP contribution in [0.15, 0.2) is 81.6 Å². The van der Waals surface area contributed by atoms with Crippen molar-refractivity contribution in [3.63, 3.8) is 0 Å². The minimum Gasteiger partial charge on any atom is -0.494 e. The van der Waals surface area contributed by atoms with Crippen LogP contribution < -0.4 is 30.5 Å². The van der Waals surface area contributed by atoms with Gasteiger partial charge < -0.3 is 14.8 Å². The van der Waals surface area contributed by atoms with Crippen molar-refractivity contribution >= 4 is 48.9 Å². The van der Waals surface area contributed by atoms with Crippen LogP contribution in [0.3, 0.4) is 0 Å². The standard InChI is InChI=1S/C22H19N7O11S2/c1-39-19-12-15(41(35,36)28(31)32)8-10-17(19)26-24-21(22(30)23-14-6-4-3-5-7-14)25-27(26)18-11-9-16(13-20(18)40-2)42(37,38)29(33)34/h3-13H,1-2H3,(H,23,30)(H,24,25). The van der Waals surface area contributed by atoms with Gasteiger partial charge in [-0.15, -0.1) is 10.2 Å². The first-order valence-electron chi connectivity index (χ1n) is 11.3. The average molecular weight is 622 g/mol. The Bertz CT molecular complexity index is 1830. The molecule has 18 nitrogen and oxygen atoms in total. The number of para-hydroxylation sites is 1. The minimum absolute atomic E-state index is 0.0184. The number of nitro groups is 2. The van der Waals surface area contributed by atoms with Gasteiger partial charge in [0.1, 0.15) is 32.7 Å². The Labute approximate surface area is 237 Å². The Kier molecular flexibility index (Phi) is 7.84. The molecule has 0 atom stereocenters. The van der Waals surface area contributed by atoms with Gasteiger partial charge in [-0.25, -0.2) is 20.2 Å². The fraction of sp³-hybridized carbons (Fsp3) is 0.0909. The molecule has 0 aliphatic carbocycles. The normalized spacial score (nSPS) is 13.1. The number of benzene rings is 3. The maximum Gasteiger partial charge on any atom is 0.448 e. The first-order chi connectivity index (χ1) is 19.8. The Hall–Kier alpha value is -5.50. The van der Waals surface area contributed by atoms with Gasteiger partial charge in [0, 0.05) is 17.8 Å². The highest BCUT2D eigenvalue weighted by Crippen LogP contribution is 2.38. The van der Waals surface area contributed by atoms with Gasteiger partial charge in [0.25, 0.3) is 5.91 Å². The van der Waals surface area contributed by atoms with E-state index in [1.807, 2.05) is 0 Å². The van der Waals surface area contributed by atoms with Crippen molar-refractivity contribution in [1.29, 1.82) is 0 Å². The van der Waals surface area contributed by atoms with Crippen molar-refractivity contribution < 1.29 is 39.8 Å². The second kappa shape index (κ2) is 11.2. The van der Waals surface area contributed by atoms with Gasteiger partial charge >= 0.3 is 20.0 Å². The van der Waals surface area contributed by atoms with Crippen LogP contribution in [0.25, 0.3) is 0 Å². The maximum absolute atomic E-state index is 13.1. The van der Waals surface area contributed by atoms with Gasteiger partial charge in [0.05, 0.1) is 14.2 Å². The van der Waals surface area contributed by atoms with Gasteiger partial charge in [0.2, 0.25) is 5.84 Å². The van der Waals surface area contributed by atoms with E-state index < -0.39 is 44.4 Å². The lowest BCUT2D eigenvalue weighted by Gasteiger charge is -2.29. The highest BCUT2D eigenvalue weighted by atomic mass is 32.2. The van der Waals surface area contributed by atoms with E-state index in [-0.39, 0.29) is 28.7 Å². The number of nitrogens with zero attached hydrogens (tertiary/aromatic N) is 5. The van der Waals surface area contributed by atoms with E-state index in [0.29, 0.717) is 5.69 Å². The third kappa shape index (κ3) is 5.42. The molecule has 220 valence electrons. The summed E-state index contributed by atoms with van der Waals surface area (Å²) in [6.07, 6.45) is 0. The van der Waals surface area contributed by atoms with Crippen molar-refractivity contribution in [2.75, 3.05) is 29.8 Å². The van der Waals surface area contributed by atoms with E-state index in [0.717, 1.165) is 60.9 Å². The highest BCUT2D eigenvalue weighted by Gasteiger charge is 2.36. The molecular weight excluding hydrogens is 602 g/mol. The van der Waals surface area contributed by atoms with Crippen LogP contribution in [-0.4, -0.2) is 51.5 Å². The van der Waals surface area contributed by atoms with Gasteiger partial charge in [0.15, 0.2) is 8.66 Å². The Morgan fingerprint density at radius 2 is 1.33 bits per heavy atom. The van der Waals surface area contributed by atoms with Crippen molar-refractivity contribution in [2.24, 2.45) is 5.10 Å². The van der Waals surface area contributed by atoms with Crippen LogP contribution in [0.4, 0.5) is 17.1 Å². The summed E-state index contributed by atoms with van der Waals surface area (Å²) in [5, 5.41) is 31.0. The lowest BCUT2D eigenvalue weighted by molar-refractivity contribution is -0.305. The molecule has 2 N–H and O–H groups in total. The van der Waals surface area contributed by atoms with E-state index in [4.69, 9.17) is 9.47 Å². The van der Waals surface area contributed by atoms with E-state index in [1.54, 1.807) is 30.3 Å². The van der Waals surface area contributed by atoms with Crippen LogP contribution in [0.1, 0.15) is 0 Å². The number of sulfonamides is 2. The summed E-state index contributed by atoms with van der Waals surface area (Å²) in [5.74, 6) is -1.52. The number of amides is 1. The van der Waals surface area contributed by atoms with Gasteiger partial charge in [-0.2, -0.15) is 22.0 Å².